The Morgan fingerprint density at radius 2 is 1.97 bits per heavy atom. The first kappa shape index (κ1) is 20.2. The number of morpholine rings is 1. The molecule has 4 heterocycles. The zero-order valence-corrected chi connectivity index (χ0v) is 18.9. The number of hydrogen-bond acceptors (Lipinski definition) is 6. The van der Waals surface area contributed by atoms with Crippen LogP contribution in [0.2, 0.25) is 0 Å². The van der Waals surface area contributed by atoms with Crippen molar-refractivity contribution in [1.29, 1.82) is 0 Å². The summed E-state index contributed by atoms with van der Waals surface area (Å²) < 4.78 is 5.52. The van der Waals surface area contributed by atoms with Gasteiger partial charge in [0.15, 0.2) is 5.82 Å². The van der Waals surface area contributed by atoms with E-state index in [1.54, 1.807) is 6.92 Å². The van der Waals surface area contributed by atoms with E-state index in [4.69, 9.17) is 14.7 Å². The molecule has 0 radical (unpaired) electrons. The summed E-state index contributed by atoms with van der Waals surface area (Å²) in [6, 6.07) is 0. The Morgan fingerprint density at radius 3 is 2.70 bits per heavy atom. The fraction of sp³-hybridized carbons (Fsp3) is 0.682. The van der Waals surface area contributed by atoms with Gasteiger partial charge < -0.3 is 19.4 Å². The minimum absolute atomic E-state index is 0.168. The Kier molecular flexibility index (Phi) is 5.64. The minimum Gasteiger partial charge on any atom is -0.370 e. The van der Waals surface area contributed by atoms with Crippen LogP contribution in [0.1, 0.15) is 36.5 Å². The number of piperazine rings is 1. The minimum atomic E-state index is 0.168. The number of ether oxygens (including phenoxy) is 1. The summed E-state index contributed by atoms with van der Waals surface area (Å²) in [6.07, 6.45) is 3.54. The summed E-state index contributed by atoms with van der Waals surface area (Å²) in [5.41, 5.74) is 1.49. The highest BCUT2D eigenvalue weighted by Gasteiger charge is 2.28. The SMILES string of the molecule is CC(=O)N1CCN(c2nc(C[NH+]3CCOCC3)nc3sc4c(c23)CC[C@H](C)C4)CC1. The summed E-state index contributed by atoms with van der Waals surface area (Å²) in [6.45, 7) is 11.8. The number of nitrogens with zero attached hydrogens (tertiary/aromatic N) is 4. The van der Waals surface area contributed by atoms with Crippen LogP contribution in [0.5, 0.6) is 0 Å². The number of fused-ring (bicyclic) bond motifs is 3. The number of quaternary nitrogens is 1. The van der Waals surface area contributed by atoms with E-state index in [2.05, 4.69) is 11.8 Å². The van der Waals surface area contributed by atoms with E-state index in [0.29, 0.717) is 0 Å². The number of amides is 1. The van der Waals surface area contributed by atoms with E-state index in [1.165, 1.54) is 27.1 Å². The predicted molar refractivity (Wildman–Crippen MR) is 118 cm³/mol. The molecule has 0 aromatic carbocycles. The molecule has 0 bridgehead atoms. The molecule has 2 aromatic rings. The third-order valence-electron chi connectivity index (χ3n) is 6.81. The molecule has 0 spiro atoms. The molecule has 2 aromatic heterocycles. The predicted octanol–water partition coefficient (Wildman–Crippen LogP) is 0.900. The number of nitrogens with one attached hydrogen (secondary N) is 1. The van der Waals surface area contributed by atoms with Crippen molar-refractivity contribution >= 4 is 33.3 Å². The summed E-state index contributed by atoms with van der Waals surface area (Å²) >= 11 is 1.89. The maximum Gasteiger partial charge on any atom is 0.219 e. The van der Waals surface area contributed by atoms with Crippen LogP contribution in [0, 0.1) is 5.92 Å². The topological polar surface area (TPSA) is 63.0 Å². The van der Waals surface area contributed by atoms with Crippen LogP contribution in [-0.2, 0) is 28.9 Å². The Labute approximate surface area is 182 Å². The monoisotopic (exact) mass is 430 g/mol. The highest BCUT2D eigenvalue weighted by molar-refractivity contribution is 7.19. The lowest BCUT2D eigenvalue weighted by Gasteiger charge is -2.35. The molecule has 2 aliphatic heterocycles. The molecule has 2 fully saturated rings. The first-order chi connectivity index (χ1) is 14.6. The van der Waals surface area contributed by atoms with Gasteiger partial charge in [0.2, 0.25) is 5.91 Å². The molecule has 1 N–H and O–H groups in total. The van der Waals surface area contributed by atoms with Crippen molar-refractivity contribution < 1.29 is 14.4 Å². The number of carbonyl (C=O) groups excluding carboxylic acids is 1. The average Bonchev–Trinajstić information content (AvgIpc) is 3.11. The fourth-order valence-electron chi connectivity index (χ4n) is 4.97. The second-order valence-corrected chi connectivity index (χ2v) is 10.1. The summed E-state index contributed by atoms with van der Waals surface area (Å²) in [7, 11) is 0. The first-order valence-electron chi connectivity index (χ1n) is 11.3. The van der Waals surface area contributed by atoms with E-state index < -0.39 is 0 Å². The van der Waals surface area contributed by atoms with Crippen LogP contribution >= 0.6 is 11.3 Å². The number of aromatic nitrogens is 2. The number of thiophene rings is 1. The van der Waals surface area contributed by atoms with Gasteiger partial charge in [0, 0.05) is 38.0 Å². The van der Waals surface area contributed by atoms with Gasteiger partial charge in [0.05, 0.1) is 18.6 Å². The van der Waals surface area contributed by atoms with E-state index in [0.717, 1.165) is 94.3 Å². The smallest absolute Gasteiger partial charge is 0.219 e. The van der Waals surface area contributed by atoms with Crippen molar-refractivity contribution in [3.05, 3.63) is 16.3 Å². The molecule has 0 saturated carbocycles. The number of aryl methyl sites for hydroxylation is 1. The highest BCUT2D eigenvalue weighted by Crippen LogP contribution is 2.41. The van der Waals surface area contributed by atoms with Crippen molar-refractivity contribution in [1.82, 2.24) is 14.9 Å². The average molecular weight is 431 g/mol. The molecule has 30 heavy (non-hydrogen) atoms. The molecule has 2 saturated heterocycles. The Bertz CT molecular complexity index is 931. The largest absolute Gasteiger partial charge is 0.370 e. The molecular weight excluding hydrogens is 398 g/mol. The van der Waals surface area contributed by atoms with Crippen LogP contribution < -0.4 is 9.80 Å². The zero-order valence-electron chi connectivity index (χ0n) is 18.1. The van der Waals surface area contributed by atoms with Gasteiger partial charge in [-0.3, -0.25) is 4.79 Å². The van der Waals surface area contributed by atoms with Crippen LogP contribution in [0.4, 0.5) is 5.82 Å². The van der Waals surface area contributed by atoms with Gasteiger partial charge in [-0.1, -0.05) is 6.92 Å². The van der Waals surface area contributed by atoms with Crippen LogP contribution in [0.15, 0.2) is 0 Å². The molecule has 3 aliphatic rings. The number of anilines is 1. The summed E-state index contributed by atoms with van der Waals surface area (Å²) in [4.78, 5) is 30.5. The quantitative estimate of drug-likeness (QED) is 0.784. The van der Waals surface area contributed by atoms with Gasteiger partial charge in [0.25, 0.3) is 0 Å². The number of hydrogen-bond donors (Lipinski definition) is 1. The summed E-state index contributed by atoms with van der Waals surface area (Å²) in [5.74, 6) is 2.98. The Hall–Kier alpha value is -1.77. The second kappa shape index (κ2) is 8.40. The van der Waals surface area contributed by atoms with Crippen molar-refractivity contribution in [2.45, 2.75) is 39.7 Å². The van der Waals surface area contributed by atoms with Gasteiger partial charge in [-0.15, -0.1) is 11.3 Å². The van der Waals surface area contributed by atoms with Crippen molar-refractivity contribution in [2.75, 3.05) is 57.4 Å². The van der Waals surface area contributed by atoms with Crippen molar-refractivity contribution in [3.8, 4) is 0 Å². The lowest BCUT2D eigenvalue weighted by atomic mass is 9.89. The molecule has 1 aliphatic carbocycles. The molecule has 1 atom stereocenters. The molecule has 5 rings (SSSR count). The van der Waals surface area contributed by atoms with Gasteiger partial charge in [0.1, 0.15) is 30.3 Å². The molecule has 162 valence electrons. The first-order valence-corrected chi connectivity index (χ1v) is 12.1. The summed E-state index contributed by atoms with van der Waals surface area (Å²) in [5, 5.41) is 1.29. The molecule has 1 amide bonds. The highest BCUT2D eigenvalue weighted by atomic mass is 32.1. The zero-order chi connectivity index (χ0) is 20.7. The van der Waals surface area contributed by atoms with E-state index in [9.17, 15) is 4.79 Å². The standard InChI is InChI=1S/C22H31N5O2S/c1-15-3-4-17-18(13-15)30-22-20(17)21(27-7-5-26(6-8-27)16(2)28)23-19(24-22)14-25-9-11-29-12-10-25/h15H,3-14H2,1-2H3/p+1/t15-/m0/s1. The van der Waals surface area contributed by atoms with E-state index >= 15 is 0 Å². The second-order valence-electron chi connectivity index (χ2n) is 9.03. The maximum atomic E-state index is 11.8. The molecular formula is C22H32N5O2S+. The van der Waals surface area contributed by atoms with Gasteiger partial charge >= 0.3 is 0 Å². The third kappa shape index (κ3) is 3.92. The Balaban J connectivity index is 1.51. The number of rotatable bonds is 3. The van der Waals surface area contributed by atoms with E-state index in [1.807, 2.05) is 16.2 Å². The van der Waals surface area contributed by atoms with Crippen LogP contribution in [0.25, 0.3) is 10.2 Å². The van der Waals surface area contributed by atoms with Crippen LogP contribution in [-0.4, -0.2) is 73.3 Å². The van der Waals surface area contributed by atoms with Crippen molar-refractivity contribution in [3.63, 3.8) is 0 Å². The van der Waals surface area contributed by atoms with Gasteiger partial charge in [-0.25, -0.2) is 9.97 Å². The van der Waals surface area contributed by atoms with Gasteiger partial charge in [-0.05, 0) is 30.7 Å². The van der Waals surface area contributed by atoms with Crippen molar-refractivity contribution in [2.24, 2.45) is 5.92 Å². The lowest BCUT2D eigenvalue weighted by molar-refractivity contribution is -0.922. The maximum absolute atomic E-state index is 11.8. The molecule has 0 unspecified atom stereocenters. The number of carbonyl (C=O) groups is 1. The van der Waals surface area contributed by atoms with Gasteiger partial charge in [-0.2, -0.15) is 0 Å². The molecule has 7 nitrogen and oxygen atoms in total. The Morgan fingerprint density at radius 1 is 1.20 bits per heavy atom. The normalized spacial score (nSPS) is 23.1. The third-order valence-corrected chi connectivity index (χ3v) is 7.96. The molecule has 8 heteroatoms. The van der Waals surface area contributed by atoms with Crippen LogP contribution in [0.3, 0.4) is 0 Å². The lowest BCUT2D eigenvalue weighted by Crippen LogP contribution is -3.12. The fourth-order valence-corrected chi connectivity index (χ4v) is 6.36. The van der Waals surface area contributed by atoms with E-state index in [-0.39, 0.29) is 5.91 Å².